The fourth-order valence-electron chi connectivity index (χ4n) is 2.72. The highest BCUT2D eigenvalue weighted by atomic mass is 32.2. The van der Waals surface area contributed by atoms with E-state index in [1.54, 1.807) is 6.07 Å². The van der Waals surface area contributed by atoms with Gasteiger partial charge in [-0.15, -0.1) is 0 Å². The molecular formula is C15H14F3NO7S. The van der Waals surface area contributed by atoms with Gasteiger partial charge in [0.15, 0.2) is 5.25 Å². The third-order valence-electron chi connectivity index (χ3n) is 3.98. The number of hydrogen-bond donors (Lipinski definition) is 0. The first-order valence-electron chi connectivity index (χ1n) is 7.40. The number of alkyl halides is 3. The van der Waals surface area contributed by atoms with Crippen molar-refractivity contribution < 1.29 is 45.4 Å². The molecular weight excluding hydrogens is 395 g/mol. The lowest BCUT2D eigenvalue weighted by Crippen LogP contribution is -2.53. The largest absolute Gasteiger partial charge is 0.498 e. The Morgan fingerprint density at radius 3 is 2.52 bits per heavy atom. The normalized spacial score (nSPS) is 17.8. The van der Waals surface area contributed by atoms with Gasteiger partial charge in [-0.3, -0.25) is 14.5 Å². The van der Waals surface area contributed by atoms with E-state index in [1.807, 2.05) is 0 Å². The number of hydrogen-bond acceptors (Lipinski definition) is 7. The van der Waals surface area contributed by atoms with Gasteiger partial charge in [-0.1, -0.05) is 18.2 Å². The van der Waals surface area contributed by atoms with E-state index in [-0.39, 0.29) is 18.6 Å². The monoisotopic (exact) mass is 409 g/mol. The number of ether oxygens (including phenoxy) is 2. The van der Waals surface area contributed by atoms with Crippen LogP contribution in [0.5, 0.6) is 0 Å². The van der Waals surface area contributed by atoms with Crippen molar-refractivity contribution in [3.8, 4) is 0 Å². The minimum atomic E-state index is -6.03. The second-order valence-corrected chi connectivity index (χ2v) is 7.61. The Labute approximate surface area is 151 Å². The topological polar surface area (TPSA) is 107 Å². The molecule has 148 valence electrons. The van der Waals surface area contributed by atoms with Gasteiger partial charge in [0.05, 0.1) is 7.11 Å². The summed E-state index contributed by atoms with van der Waals surface area (Å²) in [4.78, 5) is 35.8. The summed E-state index contributed by atoms with van der Waals surface area (Å²) in [5.74, 6) is -2.48. The molecule has 0 bridgehead atoms. The van der Waals surface area contributed by atoms with E-state index in [0.717, 1.165) is 7.11 Å². The van der Waals surface area contributed by atoms with E-state index >= 15 is 0 Å². The van der Waals surface area contributed by atoms with Crippen molar-refractivity contribution in [1.29, 1.82) is 0 Å². The predicted molar refractivity (Wildman–Crippen MR) is 84.2 cm³/mol. The van der Waals surface area contributed by atoms with Crippen molar-refractivity contribution in [3.05, 3.63) is 29.8 Å². The second-order valence-electron chi connectivity index (χ2n) is 5.49. The van der Waals surface area contributed by atoms with E-state index in [0.29, 0.717) is 10.5 Å². The number of fused-ring (bicyclic) bond motifs is 1. The second kappa shape index (κ2) is 7.55. The van der Waals surface area contributed by atoms with Crippen molar-refractivity contribution in [1.82, 2.24) is 0 Å². The maximum Gasteiger partial charge on any atom is 0.498 e. The molecule has 8 nitrogen and oxygen atoms in total. The van der Waals surface area contributed by atoms with Crippen LogP contribution < -0.4 is 4.90 Å². The molecule has 0 unspecified atom stereocenters. The fourth-order valence-corrected chi connectivity index (χ4v) is 3.68. The minimum Gasteiger partial charge on any atom is -0.467 e. The van der Waals surface area contributed by atoms with Crippen LogP contribution in [0, 0.1) is 0 Å². The molecule has 0 spiro atoms. The molecule has 1 heterocycles. The maximum absolute atomic E-state index is 13.0. The number of esters is 1. The lowest BCUT2D eigenvalue weighted by molar-refractivity contribution is -0.143. The van der Waals surface area contributed by atoms with Crippen LogP contribution in [0.1, 0.15) is 5.56 Å². The number of para-hydroxylation sites is 1. The van der Waals surface area contributed by atoms with Crippen molar-refractivity contribution in [2.45, 2.75) is 23.2 Å². The van der Waals surface area contributed by atoms with Crippen molar-refractivity contribution in [2.24, 2.45) is 0 Å². The summed E-state index contributed by atoms with van der Waals surface area (Å²) >= 11 is 0. The third-order valence-corrected chi connectivity index (χ3v) is 5.71. The molecule has 2 rings (SSSR count). The summed E-state index contributed by atoms with van der Waals surface area (Å²) in [7, 11) is -5.01. The highest BCUT2D eigenvalue weighted by Gasteiger charge is 2.56. The summed E-state index contributed by atoms with van der Waals surface area (Å²) in [6.45, 7) is -1.63. The highest BCUT2D eigenvalue weighted by Crippen LogP contribution is 2.36. The Kier molecular flexibility index (Phi) is 5.78. The van der Waals surface area contributed by atoms with Crippen LogP contribution in [0.2, 0.25) is 0 Å². The van der Waals surface area contributed by atoms with E-state index in [9.17, 15) is 36.0 Å². The van der Waals surface area contributed by atoms with Gasteiger partial charge in [0, 0.05) is 12.1 Å². The van der Waals surface area contributed by atoms with Gasteiger partial charge in [0.1, 0.15) is 12.6 Å². The Bertz CT molecular complexity index is 853. The van der Waals surface area contributed by atoms with Gasteiger partial charge in [0.25, 0.3) is 16.3 Å². The molecule has 0 aromatic heterocycles. The number of methoxy groups -OCH3 is 1. The first-order valence-corrected chi connectivity index (χ1v) is 8.95. The SMILES string of the molecule is COC(=O)[C@@H]1Cc2ccccc2N1C(=O)[C@H](COC=O)S(=O)(=O)C(F)(F)F. The Morgan fingerprint density at radius 2 is 1.96 bits per heavy atom. The molecule has 12 heteroatoms. The number of carbonyl (C=O) groups excluding carboxylic acids is 3. The van der Waals surface area contributed by atoms with Crippen molar-refractivity contribution in [3.63, 3.8) is 0 Å². The first-order chi connectivity index (χ1) is 12.6. The van der Waals surface area contributed by atoms with Gasteiger partial charge in [0.2, 0.25) is 5.91 Å². The molecule has 27 heavy (non-hydrogen) atoms. The molecule has 2 atom stereocenters. The van der Waals surface area contributed by atoms with E-state index in [1.165, 1.54) is 18.2 Å². The number of benzene rings is 1. The number of halogens is 3. The summed E-state index contributed by atoms with van der Waals surface area (Å²) in [6.07, 6.45) is -0.0675. The third kappa shape index (κ3) is 3.75. The molecule has 0 aliphatic carbocycles. The van der Waals surface area contributed by atoms with Gasteiger partial charge in [-0.05, 0) is 11.6 Å². The summed E-state index contributed by atoms with van der Waals surface area (Å²) in [5, 5.41) is -2.76. The fraction of sp³-hybridized carbons (Fsp3) is 0.400. The van der Waals surface area contributed by atoms with Gasteiger partial charge in [-0.25, -0.2) is 13.2 Å². The molecule has 1 aromatic carbocycles. The van der Waals surface area contributed by atoms with Gasteiger partial charge >= 0.3 is 11.5 Å². The molecule has 1 aliphatic heterocycles. The number of carbonyl (C=O) groups is 3. The Hall–Kier alpha value is -2.63. The van der Waals surface area contributed by atoms with Crippen LogP contribution in [0.3, 0.4) is 0 Å². The molecule has 0 radical (unpaired) electrons. The number of rotatable bonds is 6. The number of sulfone groups is 1. The van der Waals surface area contributed by atoms with Crippen LogP contribution in [-0.2, 0) is 40.1 Å². The van der Waals surface area contributed by atoms with E-state index in [4.69, 9.17) is 0 Å². The Morgan fingerprint density at radius 1 is 1.33 bits per heavy atom. The molecule has 0 saturated carbocycles. The lowest BCUT2D eigenvalue weighted by atomic mass is 10.1. The van der Waals surface area contributed by atoms with E-state index in [2.05, 4.69) is 9.47 Å². The molecule has 0 fully saturated rings. The predicted octanol–water partition coefficient (Wildman–Crippen LogP) is 0.593. The van der Waals surface area contributed by atoms with Crippen LogP contribution >= 0.6 is 0 Å². The number of nitrogens with zero attached hydrogens (tertiary/aromatic N) is 1. The standard InChI is InChI=1S/C15H14F3NO7S/c1-25-14(22)11-6-9-4-2-3-5-10(9)19(11)13(21)12(7-26-8-20)27(23,24)15(16,17)18/h2-5,8,11-12H,6-7H2,1H3/t11-,12-/m0/s1. The maximum atomic E-state index is 13.0. The van der Waals surface area contributed by atoms with Gasteiger partial charge in [-0.2, -0.15) is 13.2 Å². The average molecular weight is 409 g/mol. The number of amides is 1. The smallest absolute Gasteiger partial charge is 0.467 e. The molecule has 0 N–H and O–H groups in total. The van der Waals surface area contributed by atoms with Crippen LogP contribution in [0.4, 0.5) is 18.9 Å². The number of anilines is 1. The van der Waals surface area contributed by atoms with Crippen LogP contribution in [0.15, 0.2) is 24.3 Å². The Balaban J connectivity index is 2.54. The molecule has 1 aromatic rings. The van der Waals surface area contributed by atoms with Crippen LogP contribution in [0.25, 0.3) is 0 Å². The van der Waals surface area contributed by atoms with E-state index < -0.39 is 45.1 Å². The molecule has 1 aliphatic rings. The average Bonchev–Trinajstić information content (AvgIpc) is 2.99. The zero-order chi connectivity index (χ0) is 20.4. The minimum absolute atomic E-state index is 0.0675. The summed E-state index contributed by atoms with van der Waals surface area (Å²) in [5.41, 5.74) is -5.24. The lowest BCUT2D eigenvalue weighted by Gasteiger charge is -2.28. The first kappa shape index (κ1) is 20.7. The zero-order valence-electron chi connectivity index (χ0n) is 13.8. The molecule has 0 saturated heterocycles. The highest BCUT2D eigenvalue weighted by molar-refractivity contribution is 7.93. The quantitative estimate of drug-likeness (QED) is 0.500. The summed E-state index contributed by atoms with van der Waals surface area (Å²) in [6, 6.07) is 4.60. The molecule has 1 amide bonds. The summed E-state index contributed by atoms with van der Waals surface area (Å²) < 4.78 is 71.3. The van der Waals surface area contributed by atoms with Gasteiger partial charge < -0.3 is 9.47 Å². The van der Waals surface area contributed by atoms with Crippen molar-refractivity contribution in [2.75, 3.05) is 18.6 Å². The van der Waals surface area contributed by atoms with Crippen LogP contribution in [-0.4, -0.2) is 57.3 Å². The zero-order valence-corrected chi connectivity index (χ0v) is 14.6. The van der Waals surface area contributed by atoms with Crippen molar-refractivity contribution >= 4 is 33.9 Å².